The van der Waals surface area contributed by atoms with Crippen molar-refractivity contribution in [2.24, 2.45) is 5.10 Å². The zero-order chi connectivity index (χ0) is 17.3. The number of benzene rings is 1. The molecule has 0 aliphatic carbocycles. The Kier molecular flexibility index (Phi) is 4.46. The minimum absolute atomic E-state index is 0.107. The number of carbonyl (C=O) groups excluding carboxylic acids is 1. The summed E-state index contributed by atoms with van der Waals surface area (Å²) in [6, 6.07) is 9.48. The molecule has 2 atom stereocenters. The fraction of sp³-hybridized carbons (Fsp3) is 0.500. The van der Waals surface area contributed by atoms with Gasteiger partial charge >= 0.3 is 5.97 Å². The summed E-state index contributed by atoms with van der Waals surface area (Å²) in [5, 5.41) is 13.8. The van der Waals surface area contributed by atoms with Gasteiger partial charge in [0.15, 0.2) is 0 Å². The number of hydrogen-bond acceptors (Lipinski definition) is 5. The van der Waals surface area contributed by atoms with Gasteiger partial charge in [-0.3, -0.25) is 4.79 Å². The highest BCUT2D eigenvalue weighted by Gasteiger charge is 2.48. The Balaban J connectivity index is 2.49. The zero-order valence-electron chi connectivity index (χ0n) is 14.3. The van der Waals surface area contributed by atoms with Crippen LogP contribution in [0.1, 0.15) is 52.2 Å². The molecule has 0 bridgehead atoms. The Morgan fingerprint density at radius 3 is 2.61 bits per heavy atom. The van der Waals surface area contributed by atoms with Crippen LogP contribution in [0.2, 0.25) is 0 Å². The quantitative estimate of drug-likeness (QED) is 0.871. The van der Waals surface area contributed by atoms with Crippen LogP contribution >= 0.6 is 0 Å². The molecule has 1 heterocycles. The molecule has 2 unspecified atom stereocenters. The van der Waals surface area contributed by atoms with Gasteiger partial charge in [0.1, 0.15) is 5.60 Å². The lowest BCUT2D eigenvalue weighted by atomic mass is 9.68. The SMILES string of the molecule is CC1=NNC(C)C1(CC(=O)OC(C)(C)C)c1ccccc1C#N. The van der Waals surface area contributed by atoms with Crippen molar-refractivity contribution in [1.82, 2.24) is 5.43 Å². The van der Waals surface area contributed by atoms with Crippen molar-refractivity contribution in [3.8, 4) is 6.07 Å². The molecule has 0 saturated heterocycles. The second-order valence-electron chi connectivity index (χ2n) is 6.94. The Morgan fingerprint density at radius 1 is 1.43 bits per heavy atom. The van der Waals surface area contributed by atoms with Crippen LogP contribution in [-0.2, 0) is 14.9 Å². The molecule has 1 aliphatic heterocycles. The first-order valence-corrected chi connectivity index (χ1v) is 7.72. The third-order valence-electron chi connectivity index (χ3n) is 4.18. The van der Waals surface area contributed by atoms with Crippen molar-refractivity contribution in [2.45, 2.75) is 58.1 Å². The van der Waals surface area contributed by atoms with Gasteiger partial charge in [0.25, 0.3) is 0 Å². The molecular formula is C18H23N3O2. The van der Waals surface area contributed by atoms with Crippen LogP contribution in [0.25, 0.3) is 0 Å². The van der Waals surface area contributed by atoms with Crippen LogP contribution in [-0.4, -0.2) is 23.3 Å². The molecule has 1 aromatic rings. The van der Waals surface area contributed by atoms with Gasteiger partial charge in [0.05, 0.1) is 29.5 Å². The summed E-state index contributed by atoms with van der Waals surface area (Å²) >= 11 is 0. The number of esters is 1. The highest BCUT2D eigenvalue weighted by molar-refractivity contribution is 5.99. The fourth-order valence-corrected chi connectivity index (χ4v) is 3.10. The van der Waals surface area contributed by atoms with Crippen molar-refractivity contribution < 1.29 is 9.53 Å². The number of ether oxygens (including phenoxy) is 1. The predicted molar refractivity (Wildman–Crippen MR) is 89.0 cm³/mol. The number of nitrogens with zero attached hydrogens (tertiary/aromatic N) is 2. The topological polar surface area (TPSA) is 74.5 Å². The molecule has 0 spiro atoms. The van der Waals surface area contributed by atoms with E-state index in [0.29, 0.717) is 5.56 Å². The van der Waals surface area contributed by atoms with Gasteiger partial charge in [-0.1, -0.05) is 18.2 Å². The van der Waals surface area contributed by atoms with E-state index < -0.39 is 11.0 Å². The van der Waals surface area contributed by atoms with E-state index in [0.717, 1.165) is 11.3 Å². The molecule has 0 aromatic heterocycles. The zero-order valence-corrected chi connectivity index (χ0v) is 14.3. The Morgan fingerprint density at radius 2 is 2.09 bits per heavy atom. The lowest BCUT2D eigenvalue weighted by Crippen LogP contribution is -2.47. The van der Waals surface area contributed by atoms with Gasteiger partial charge < -0.3 is 10.2 Å². The second kappa shape index (κ2) is 6.04. The molecule has 5 nitrogen and oxygen atoms in total. The van der Waals surface area contributed by atoms with E-state index in [1.54, 1.807) is 6.07 Å². The van der Waals surface area contributed by atoms with E-state index in [2.05, 4.69) is 16.6 Å². The van der Waals surface area contributed by atoms with Gasteiger partial charge in [-0.05, 0) is 46.2 Å². The lowest BCUT2D eigenvalue weighted by molar-refractivity contribution is -0.156. The fourth-order valence-electron chi connectivity index (χ4n) is 3.10. The number of hydrazone groups is 1. The van der Waals surface area contributed by atoms with E-state index in [-0.39, 0.29) is 18.4 Å². The molecule has 0 saturated carbocycles. The first-order valence-electron chi connectivity index (χ1n) is 7.72. The van der Waals surface area contributed by atoms with Gasteiger partial charge in [0.2, 0.25) is 0 Å². The molecule has 1 aliphatic rings. The average molecular weight is 313 g/mol. The van der Waals surface area contributed by atoms with Crippen molar-refractivity contribution >= 4 is 11.7 Å². The largest absolute Gasteiger partial charge is 0.460 e. The maximum Gasteiger partial charge on any atom is 0.307 e. The molecular weight excluding hydrogens is 290 g/mol. The van der Waals surface area contributed by atoms with E-state index in [4.69, 9.17) is 4.74 Å². The summed E-state index contributed by atoms with van der Waals surface area (Å²) in [6.07, 6.45) is 0.145. The van der Waals surface area contributed by atoms with E-state index in [1.807, 2.05) is 52.8 Å². The molecule has 1 N–H and O–H groups in total. The monoisotopic (exact) mass is 313 g/mol. The highest BCUT2D eigenvalue weighted by Crippen LogP contribution is 2.39. The van der Waals surface area contributed by atoms with Crippen molar-refractivity contribution in [2.75, 3.05) is 0 Å². The van der Waals surface area contributed by atoms with Crippen LogP contribution in [0.5, 0.6) is 0 Å². The Hall–Kier alpha value is -2.35. The van der Waals surface area contributed by atoms with Crippen LogP contribution < -0.4 is 5.43 Å². The number of rotatable bonds is 3. The Bertz CT molecular complexity index is 682. The second-order valence-corrected chi connectivity index (χ2v) is 6.94. The number of carbonyl (C=O) groups is 1. The molecule has 0 amide bonds. The van der Waals surface area contributed by atoms with E-state index >= 15 is 0 Å². The standard InChI is InChI=1S/C18H23N3O2/c1-12-18(13(2)21-20-12,10-16(22)23-17(3,4)5)15-9-7-6-8-14(15)11-19/h6-9,12,20H,10H2,1-5H3. The minimum atomic E-state index is -0.672. The third-order valence-corrected chi connectivity index (χ3v) is 4.18. The molecule has 122 valence electrons. The van der Waals surface area contributed by atoms with Gasteiger partial charge in [0, 0.05) is 5.71 Å². The first kappa shape index (κ1) is 17.0. The normalized spacial score (nSPS) is 23.7. The Labute approximate surface area is 137 Å². The molecule has 1 aromatic carbocycles. The summed E-state index contributed by atoms with van der Waals surface area (Å²) in [4.78, 5) is 12.5. The van der Waals surface area contributed by atoms with Gasteiger partial charge in [-0.2, -0.15) is 10.4 Å². The molecule has 5 heteroatoms. The van der Waals surface area contributed by atoms with Crippen molar-refractivity contribution in [1.29, 1.82) is 5.26 Å². The highest BCUT2D eigenvalue weighted by atomic mass is 16.6. The summed E-state index contributed by atoms with van der Waals surface area (Å²) in [7, 11) is 0. The molecule has 2 rings (SSSR count). The van der Waals surface area contributed by atoms with Crippen LogP contribution in [0, 0.1) is 11.3 Å². The van der Waals surface area contributed by atoms with Crippen molar-refractivity contribution in [3.05, 3.63) is 35.4 Å². The van der Waals surface area contributed by atoms with Gasteiger partial charge in [-0.25, -0.2) is 0 Å². The number of nitrogens with one attached hydrogen (secondary N) is 1. The maximum atomic E-state index is 12.5. The van der Waals surface area contributed by atoms with E-state index in [9.17, 15) is 10.1 Å². The maximum absolute atomic E-state index is 12.5. The van der Waals surface area contributed by atoms with E-state index in [1.165, 1.54) is 0 Å². The molecule has 23 heavy (non-hydrogen) atoms. The first-order chi connectivity index (χ1) is 10.7. The average Bonchev–Trinajstić information content (AvgIpc) is 2.74. The van der Waals surface area contributed by atoms with Crippen LogP contribution in [0.15, 0.2) is 29.4 Å². The lowest BCUT2D eigenvalue weighted by Gasteiger charge is -2.34. The predicted octanol–water partition coefficient (Wildman–Crippen LogP) is 2.90. The summed E-state index contributed by atoms with van der Waals surface area (Å²) in [5.41, 5.74) is 3.99. The summed E-state index contributed by atoms with van der Waals surface area (Å²) < 4.78 is 5.51. The summed E-state index contributed by atoms with van der Waals surface area (Å²) in [6.45, 7) is 9.39. The minimum Gasteiger partial charge on any atom is -0.460 e. The number of nitriles is 1. The summed E-state index contributed by atoms with van der Waals surface area (Å²) in [5.74, 6) is -0.296. The van der Waals surface area contributed by atoms with Crippen molar-refractivity contribution in [3.63, 3.8) is 0 Å². The number of hydrogen-bond donors (Lipinski definition) is 1. The third kappa shape index (κ3) is 3.21. The molecule has 0 fully saturated rings. The van der Waals surface area contributed by atoms with Crippen LogP contribution in [0.3, 0.4) is 0 Å². The molecule has 0 radical (unpaired) electrons. The van der Waals surface area contributed by atoms with Gasteiger partial charge in [-0.15, -0.1) is 0 Å². The van der Waals surface area contributed by atoms with Crippen LogP contribution in [0.4, 0.5) is 0 Å². The smallest absolute Gasteiger partial charge is 0.307 e.